The SMILES string of the molecule is Cc1cc(C)c2c(c1)N(C(=O)CNC(=O)[C@@H](N)C(C)C)CCC2.Cl. The number of carbonyl (C=O) groups is 2. The molecule has 6 heteroatoms. The fourth-order valence-corrected chi connectivity index (χ4v) is 3.01. The Morgan fingerprint density at radius 1 is 1.29 bits per heavy atom. The summed E-state index contributed by atoms with van der Waals surface area (Å²) in [5.74, 6) is -0.308. The molecule has 1 aliphatic heterocycles. The molecule has 0 saturated heterocycles. The van der Waals surface area contributed by atoms with Crippen LogP contribution in [0.5, 0.6) is 0 Å². The van der Waals surface area contributed by atoms with Gasteiger partial charge in [-0.05, 0) is 55.4 Å². The van der Waals surface area contributed by atoms with Gasteiger partial charge in [-0.2, -0.15) is 0 Å². The number of aryl methyl sites for hydroxylation is 2. The van der Waals surface area contributed by atoms with E-state index in [1.807, 2.05) is 20.8 Å². The van der Waals surface area contributed by atoms with Crippen molar-refractivity contribution >= 4 is 29.9 Å². The van der Waals surface area contributed by atoms with Crippen molar-refractivity contribution in [2.75, 3.05) is 18.0 Å². The Morgan fingerprint density at radius 3 is 2.58 bits per heavy atom. The highest BCUT2D eigenvalue weighted by Crippen LogP contribution is 2.31. The van der Waals surface area contributed by atoms with E-state index in [1.54, 1.807) is 4.90 Å². The van der Waals surface area contributed by atoms with Crippen molar-refractivity contribution in [3.63, 3.8) is 0 Å². The molecule has 134 valence electrons. The highest BCUT2D eigenvalue weighted by atomic mass is 35.5. The molecule has 0 radical (unpaired) electrons. The van der Waals surface area contributed by atoms with Crippen molar-refractivity contribution in [2.45, 2.75) is 46.6 Å². The Bertz CT molecular complexity index is 617. The summed E-state index contributed by atoms with van der Waals surface area (Å²) in [6, 6.07) is 3.62. The summed E-state index contributed by atoms with van der Waals surface area (Å²) in [4.78, 5) is 26.3. The summed E-state index contributed by atoms with van der Waals surface area (Å²) in [6.45, 7) is 8.58. The highest BCUT2D eigenvalue weighted by Gasteiger charge is 2.25. The molecule has 0 aromatic heterocycles. The first kappa shape index (κ1) is 20.5. The maximum atomic E-state index is 12.6. The Labute approximate surface area is 150 Å². The van der Waals surface area contributed by atoms with Gasteiger partial charge in [0.05, 0.1) is 12.6 Å². The molecule has 5 nitrogen and oxygen atoms in total. The van der Waals surface area contributed by atoms with Gasteiger partial charge in [0, 0.05) is 12.2 Å². The third-order valence-corrected chi connectivity index (χ3v) is 4.43. The summed E-state index contributed by atoms with van der Waals surface area (Å²) in [5.41, 5.74) is 10.4. The second-order valence-electron chi connectivity index (χ2n) is 6.72. The number of benzene rings is 1. The van der Waals surface area contributed by atoms with E-state index in [0.717, 1.165) is 24.1 Å². The van der Waals surface area contributed by atoms with Crippen LogP contribution in [0.15, 0.2) is 12.1 Å². The highest BCUT2D eigenvalue weighted by molar-refractivity contribution is 5.98. The average Bonchev–Trinajstić information content (AvgIpc) is 2.50. The van der Waals surface area contributed by atoms with E-state index in [1.165, 1.54) is 11.1 Å². The number of nitrogens with zero attached hydrogens (tertiary/aromatic N) is 1. The van der Waals surface area contributed by atoms with Crippen LogP contribution < -0.4 is 16.0 Å². The molecule has 1 aromatic rings. The number of nitrogens with one attached hydrogen (secondary N) is 1. The van der Waals surface area contributed by atoms with Crippen molar-refractivity contribution in [1.82, 2.24) is 5.32 Å². The molecular weight excluding hydrogens is 326 g/mol. The second-order valence-corrected chi connectivity index (χ2v) is 6.72. The Morgan fingerprint density at radius 2 is 1.96 bits per heavy atom. The van der Waals surface area contributed by atoms with Gasteiger partial charge in [-0.1, -0.05) is 19.9 Å². The number of nitrogens with two attached hydrogens (primary N) is 1. The number of fused-ring (bicyclic) bond motifs is 1. The van der Waals surface area contributed by atoms with Crippen LogP contribution in [-0.2, 0) is 16.0 Å². The third-order valence-electron chi connectivity index (χ3n) is 4.43. The smallest absolute Gasteiger partial charge is 0.246 e. The lowest BCUT2D eigenvalue weighted by atomic mass is 9.95. The molecule has 1 aromatic carbocycles. The van der Waals surface area contributed by atoms with Crippen molar-refractivity contribution in [3.8, 4) is 0 Å². The van der Waals surface area contributed by atoms with E-state index in [9.17, 15) is 9.59 Å². The van der Waals surface area contributed by atoms with Crippen LogP contribution >= 0.6 is 12.4 Å². The first-order chi connectivity index (χ1) is 10.8. The van der Waals surface area contributed by atoms with E-state index in [4.69, 9.17) is 5.73 Å². The van der Waals surface area contributed by atoms with Gasteiger partial charge in [-0.3, -0.25) is 9.59 Å². The maximum absolute atomic E-state index is 12.6. The summed E-state index contributed by atoms with van der Waals surface area (Å²) in [6.07, 6.45) is 1.94. The van der Waals surface area contributed by atoms with Crippen molar-refractivity contribution in [2.24, 2.45) is 11.7 Å². The minimum absolute atomic E-state index is 0. The van der Waals surface area contributed by atoms with Crippen LogP contribution in [-0.4, -0.2) is 30.9 Å². The fourth-order valence-electron chi connectivity index (χ4n) is 3.01. The van der Waals surface area contributed by atoms with Crippen molar-refractivity contribution in [1.29, 1.82) is 0 Å². The average molecular weight is 354 g/mol. The van der Waals surface area contributed by atoms with Crippen molar-refractivity contribution < 1.29 is 9.59 Å². The van der Waals surface area contributed by atoms with Gasteiger partial charge in [-0.25, -0.2) is 0 Å². The van der Waals surface area contributed by atoms with Crippen LogP contribution in [0.4, 0.5) is 5.69 Å². The second kappa shape index (κ2) is 8.49. The van der Waals surface area contributed by atoms with Gasteiger partial charge >= 0.3 is 0 Å². The monoisotopic (exact) mass is 353 g/mol. The lowest BCUT2D eigenvalue weighted by molar-refractivity contribution is -0.126. The third kappa shape index (κ3) is 4.48. The summed E-state index contributed by atoms with van der Waals surface area (Å²) < 4.78 is 0. The maximum Gasteiger partial charge on any atom is 0.246 e. The van der Waals surface area contributed by atoms with Gasteiger partial charge in [0.2, 0.25) is 11.8 Å². The molecule has 0 aliphatic carbocycles. The topological polar surface area (TPSA) is 75.4 Å². The molecular formula is C18H28ClN3O2. The van der Waals surface area contributed by atoms with E-state index in [0.29, 0.717) is 6.54 Å². The van der Waals surface area contributed by atoms with Crippen LogP contribution in [0.25, 0.3) is 0 Å². The quantitative estimate of drug-likeness (QED) is 0.870. The van der Waals surface area contributed by atoms with Crippen LogP contribution in [0.1, 0.15) is 37.0 Å². The number of rotatable bonds is 4. The van der Waals surface area contributed by atoms with Crippen LogP contribution in [0.2, 0.25) is 0 Å². The molecule has 1 aliphatic rings. The van der Waals surface area contributed by atoms with Gasteiger partial charge in [-0.15, -0.1) is 12.4 Å². The van der Waals surface area contributed by atoms with Crippen LogP contribution in [0.3, 0.4) is 0 Å². The molecule has 1 heterocycles. The molecule has 3 N–H and O–H groups in total. The molecule has 24 heavy (non-hydrogen) atoms. The molecule has 0 saturated carbocycles. The first-order valence-electron chi connectivity index (χ1n) is 8.25. The zero-order valence-electron chi connectivity index (χ0n) is 14.9. The van der Waals surface area contributed by atoms with E-state index < -0.39 is 6.04 Å². The minimum atomic E-state index is -0.582. The van der Waals surface area contributed by atoms with Gasteiger partial charge < -0.3 is 16.0 Å². The summed E-state index contributed by atoms with van der Waals surface area (Å²) in [5, 5.41) is 2.67. The number of halogens is 1. The van der Waals surface area contributed by atoms with E-state index >= 15 is 0 Å². The number of hydrogen-bond acceptors (Lipinski definition) is 3. The van der Waals surface area contributed by atoms with Crippen LogP contribution in [0, 0.1) is 19.8 Å². The Hall–Kier alpha value is -1.59. The normalized spacial score (nSPS) is 14.7. The zero-order valence-corrected chi connectivity index (χ0v) is 15.7. The molecule has 1 atom stereocenters. The van der Waals surface area contributed by atoms with Gasteiger partial charge in [0.1, 0.15) is 0 Å². The number of carbonyl (C=O) groups excluding carboxylic acids is 2. The number of anilines is 1. The lowest BCUT2D eigenvalue weighted by Crippen LogP contribution is -2.48. The number of amides is 2. The Kier molecular flexibility index (Phi) is 7.24. The standard InChI is InChI=1S/C18H27N3O2.ClH/c1-11(2)17(19)18(23)20-10-16(22)21-7-5-6-14-13(4)8-12(3)9-15(14)21;/h8-9,11,17H,5-7,10,19H2,1-4H3,(H,20,23);1H/t17-;/m0./s1. The molecule has 0 fully saturated rings. The predicted molar refractivity (Wildman–Crippen MR) is 99.7 cm³/mol. The Balaban J connectivity index is 0.00000288. The van der Waals surface area contributed by atoms with E-state index in [2.05, 4.69) is 24.4 Å². The predicted octanol–water partition coefficient (Wildman–Crippen LogP) is 2.10. The van der Waals surface area contributed by atoms with Gasteiger partial charge in [0.25, 0.3) is 0 Å². The molecule has 2 amide bonds. The molecule has 2 rings (SSSR count). The molecule has 0 bridgehead atoms. The minimum Gasteiger partial charge on any atom is -0.346 e. The molecule has 0 unspecified atom stereocenters. The van der Waals surface area contributed by atoms with E-state index in [-0.39, 0.29) is 36.7 Å². The zero-order chi connectivity index (χ0) is 17.1. The molecule has 0 spiro atoms. The largest absolute Gasteiger partial charge is 0.346 e. The van der Waals surface area contributed by atoms with Crippen molar-refractivity contribution in [3.05, 3.63) is 28.8 Å². The number of hydrogen-bond donors (Lipinski definition) is 2. The van der Waals surface area contributed by atoms with Gasteiger partial charge in [0.15, 0.2) is 0 Å². The summed E-state index contributed by atoms with van der Waals surface area (Å²) >= 11 is 0. The summed E-state index contributed by atoms with van der Waals surface area (Å²) in [7, 11) is 0. The lowest BCUT2D eigenvalue weighted by Gasteiger charge is -2.31. The fraction of sp³-hybridized carbons (Fsp3) is 0.556. The first-order valence-corrected chi connectivity index (χ1v) is 8.25.